The van der Waals surface area contributed by atoms with Gasteiger partial charge in [0.2, 0.25) is 5.91 Å². The summed E-state index contributed by atoms with van der Waals surface area (Å²) in [5, 5.41) is 3.44. The summed E-state index contributed by atoms with van der Waals surface area (Å²) in [6, 6.07) is 5.54. The van der Waals surface area contributed by atoms with Gasteiger partial charge in [-0.15, -0.1) is 0 Å². The summed E-state index contributed by atoms with van der Waals surface area (Å²) in [7, 11) is 0. The Morgan fingerprint density at radius 1 is 1.36 bits per heavy atom. The number of nitrogens with zero attached hydrogens (tertiary/aromatic N) is 2. The van der Waals surface area contributed by atoms with Gasteiger partial charge in [-0.05, 0) is 30.9 Å². The van der Waals surface area contributed by atoms with Gasteiger partial charge in [-0.1, -0.05) is 26.0 Å². The predicted molar refractivity (Wildman–Crippen MR) is 98.6 cm³/mol. The van der Waals surface area contributed by atoms with E-state index in [1.165, 1.54) is 10.9 Å². The summed E-state index contributed by atoms with van der Waals surface area (Å²) in [6.07, 6.45) is 2.56. The van der Waals surface area contributed by atoms with Crippen LogP contribution in [0.4, 0.5) is 0 Å². The minimum atomic E-state index is -0.108. The van der Waals surface area contributed by atoms with Gasteiger partial charge >= 0.3 is 0 Å². The van der Waals surface area contributed by atoms with E-state index >= 15 is 0 Å². The Morgan fingerprint density at radius 2 is 2.16 bits per heavy atom. The van der Waals surface area contributed by atoms with E-state index in [1.807, 2.05) is 19.1 Å². The van der Waals surface area contributed by atoms with Crippen molar-refractivity contribution in [2.45, 2.75) is 40.2 Å². The molecule has 1 N–H and O–H groups in total. The zero-order valence-electron chi connectivity index (χ0n) is 15.2. The molecule has 1 amide bonds. The molecule has 0 bridgehead atoms. The second-order valence-corrected chi connectivity index (χ2v) is 6.64. The molecule has 2 rings (SSSR count). The normalized spacial score (nSPS) is 11.2. The van der Waals surface area contributed by atoms with Crippen molar-refractivity contribution in [3.63, 3.8) is 0 Å². The zero-order chi connectivity index (χ0) is 18.2. The average molecular weight is 345 g/mol. The van der Waals surface area contributed by atoms with Crippen molar-refractivity contribution in [2.75, 3.05) is 19.8 Å². The number of benzene rings is 1. The summed E-state index contributed by atoms with van der Waals surface area (Å²) in [5.41, 5.74) is 1.58. The molecule has 1 heterocycles. The fraction of sp³-hybridized carbons (Fsp3) is 0.526. The second kappa shape index (κ2) is 9.32. The number of nitrogens with one attached hydrogen (secondary N) is 1. The SMILES string of the molecule is Cc1cccc2c(=O)n(CCC(=O)NCCCOCC(C)C)cnc12. The number of ether oxygens (including phenoxy) is 1. The zero-order valence-corrected chi connectivity index (χ0v) is 15.2. The van der Waals surface area contributed by atoms with Gasteiger partial charge in [0, 0.05) is 32.7 Å². The molecule has 0 aliphatic carbocycles. The van der Waals surface area contributed by atoms with Crippen LogP contribution in [0.3, 0.4) is 0 Å². The molecule has 1 aromatic carbocycles. The van der Waals surface area contributed by atoms with Crippen LogP contribution in [-0.2, 0) is 16.1 Å². The van der Waals surface area contributed by atoms with Crippen LogP contribution in [0.5, 0.6) is 0 Å². The fourth-order valence-corrected chi connectivity index (χ4v) is 2.53. The van der Waals surface area contributed by atoms with Crippen LogP contribution in [0, 0.1) is 12.8 Å². The number of rotatable bonds is 9. The van der Waals surface area contributed by atoms with Gasteiger partial charge in [-0.25, -0.2) is 4.98 Å². The van der Waals surface area contributed by atoms with E-state index < -0.39 is 0 Å². The Hall–Kier alpha value is -2.21. The number of aryl methyl sites for hydroxylation is 2. The van der Waals surface area contributed by atoms with Gasteiger partial charge in [0.05, 0.1) is 17.2 Å². The number of fused-ring (bicyclic) bond motifs is 1. The topological polar surface area (TPSA) is 73.2 Å². The molecular formula is C19H27N3O3. The third kappa shape index (κ3) is 5.67. The molecule has 0 radical (unpaired) electrons. The molecule has 136 valence electrons. The molecule has 6 nitrogen and oxygen atoms in total. The van der Waals surface area contributed by atoms with Crippen LogP contribution in [0.1, 0.15) is 32.3 Å². The number of hydrogen-bond acceptors (Lipinski definition) is 4. The second-order valence-electron chi connectivity index (χ2n) is 6.64. The van der Waals surface area contributed by atoms with Gasteiger partial charge in [-0.3, -0.25) is 14.2 Å². The highest BCUT2D eigenvalue weighted by molar-refractivity contribution is 5.80. The first-order valence-electron chi connectivity index (χ1n) is 8.78. The van der Waals surface area contributed by atoms with Gasteiger partial charge in [0.1, 0.15) is 0 Å². The number of para-hydroxylation sites is 1. The van der Waals surface area contributed by atoms with Crippen LogP contribution < -0.4 is 10.9 Å². The monoisotopic (exact) mass is 345 g/mol. The summed E-state index contributed by atoms with van der Waals surface area (Å²) in [5.74, 6) is 0.451. The van der Waals surface area contributed by atoms with E-state index in [1.54, 1.807) is 6.07 Å². The summed E-state index contributed by atoms with van der Waals surface area (Å²) >= 11 is 0. The molecule has 2 aromatic rings. The van der Waals surface area contributed by atoms with Crippen LogP contribution in [0.15, 0.2) is 29.3 Å². The third-order valence-electron chi connectivity index (χ3n) is 3.87. The predicted octanol–water partition coefficient (Wildman–Crippen LogP) is 2.27. The maximum atomic E-state index is 12.5. The van der Waals surface area contributed by atoms with Crippen LogP contribution in [0.25, 0.3) is 10.9 Å². The van der Waals surface area contributed by atoms with E-state index in [-0.39, 0.29) is 17.9 Å². The van der Waals surface area contributed by atoms with E-state index in [2.05, 4.69) is 24.1 Å². The van der Waals surface area contributed by atoms with Crippen LogP contribution in [-0.4, -0.2) is 35.2 Å². The fourth-order valence-electron chi connectivity index (χ4n) is 2.53. The van der Waals surface area contributed by atoms with Crippen molar-refractivity contribution in [3.8, 4) is 0 Å². The number of carbonyl (C=O) groups excluding carboxylic acids is 1. The Balaban J connectivity index is 1.79. The molecule has 0 atom stereocenters. The van der Waals surface area contributed by atoms with Gasteiger partial charge in [0.25, 0.3) is 5.56 Å². The van der Waals surface area contributed by atoms with Crippen molar-refractivity contribution < 1.29 is 9.53 Å². The molecule has 6 heteroatoms. The standard InChI is InChI=1S/C19H27N3O3/c1-14(2)12-25-11-5-9-20-17(23)8-10-22-13-21-18-15(3)6-4-7-16(18)19(22)24/h4,6-7,13-14H,5,8-12H2,1-3H3,(H,20,23). The lowest BCUT2D eigenvalue weighted by Gasteiger charge is -2.09. The van der Waals surface area contributed by atoms with Crippen LogP contribution >= 0.6 is 0 Å². The maximum Gasteiger partial charge on any atom is 0.261 e. The highest BCUT2D eigenvalue weighted by atomic mass is 16.5. The van der Waals surface area contributed by atoms with E-state index in [4.69, 9.17) is 4.74 Å². The molecular weight excluding hydrogens is 318 g/mol. The Bertz CT molecular complexity index is 768. The molecule has 0 spiro atoms. The Morgan fingerprint density at radius 3 is 2.92 bits per heavy atom. The molecule has 0 aliphatic rings. The highest BCUT2D eigenvalue weighted by Gasteiger charge is 2.07. The minimum Gasteiger partial charge on any atom is -0.381 e. The average Bonchev–Trinajstić information content (AvgIpc) is 2.58. The van der Waals surface area contributed by atoms with Crippen molar-refractivity contribution in [3.05, 3.63) is 40.4 Å². The lowest BCUT2D eigenvalue weighted by Crippen LogP contribution is -2.28. The van der Waals surface area contributed by atoms with Gasteiger partial charge in [0.15, 0.2) is 0 Å². The van der Waals surface area contributed by atoms with Crippen molar-refractivity contribution in [1.82, 2.24) is 14.9 Å². The maximum absolute atomic E-state index is 12.5. The Kier molecular flexibility index (Phi) is 7.13. The molecule has 1 aromatic heterocycles. The summed E-state index contributed by atoms with van der Waals surface area (Å²) in [6.45, 7) is 8.43. The van der Waals surface area contributed by atoms with Crippen LogP contribution in [0.2, 0.25) is 0 Å². The lowest BCUT2D eigenvalue weighted by molar-refractivity contribution is -0.121. The van der Waals surface area contributed by atoms with Crippen molar-refractivity contribution in [1.29, 1.82) is 0 Å². The largest absolute Gasteiger partial charge is 0.381 e. The molecule has 0 unspecified atom stereocenters. The first-order valence-corrected chi connectivity index (χ1v) is 8.78. The molecule has 25 heavy (non-hydrogen) atoms. The number of hydrogen-bond donors (Lipinski definition) is 1. The number of carbonyl (C=O) groups is 1. The van der Waals surface area contributed by atoms with Crippen molar-refractivity contribution in [2.24, 2.45) is 5.92 Å². The van der Waals surface area contributed by atoms with E-state index in [0.29, 0.717) is 31.0 Å². The lowest BCUT2D eigenvalue weighted by atomic mass is 10.1. The number of amides is 1. The Labute approximate surface area is 148 Å². The smallest absolute Gasteiger partial charge is 0.261 e. The van der Waals surface area contributed by atoms with E-state index in [9.17, 15) is 9.59 Å². The molecule has 0 saturated carbocycles. The minimum absolute atomic E-state index is 0.0694. The summed E-state index contributed by atoms with van der Waals surface area (Å²) < 4.78 is 6.96. The molecule has 0 fully saturated rings. The molecule has 0 saturated heterocycles. The first kappa shape index (κ1) is 19.1. The van der Waals surface area contributed by atoms with Gasteiger partial charge < -0.3 is 10.1 Å². The third-order valence-corrected chi connectivity index (χ3v) is 3.87. The van der Waals surface area contributed by atoms with Gasteiger partial charge in [-0.2, -0.15) is 0 Å². The molecule has 0 aliphatic heterocycles. The van der Waals surface area contributed by atoms with E-state index in [0.717, 1.165) is 24.1 Å². The quantitative estimate of drug-likeness (QED) is 0.708. The first-order chi connectivity index (χ1) is 12.0. The number of aromatic nitrogens is 2. The summed E-state index contributed by atoms with van der Waals surface area (Å²) in [4.78, 5) is 28.7. The van der Waals surface area contributed by atoms with Crippen molar-refractivity contribution >= 4 is 16.8 Å². The highest BCUT2D eigenvalue weighted by Crippen LogP contribution is 2.11.